The van der Waals surface area contributed by atoms with Crippen molar-refractivity contribution in [1.82, 2.24) is 19.7 Å². The lowest BCUT2D eigenvalue weighted by molar-refractivity contribution is 0.0772. The van der Waals surface area contributed by atoms with Gasteiger partial charge in [-0.2, -0.15) is 0 Å². The van der Waals surface area contributed by atoms with Crippen molar-refractivity contribution in [2.45, 2.75) is 26.4 Å². The SMILES string of the molecule is CCN(CC)C(=O)c1ccc(C(c2cccc(NC(=O)OC)c2)N2CCN(Cc3cncs3)CC2)cc1. The second kappa shape index (κ2) is 12.8. The lowest BCUT2D eigenvalue weighted by Crippen LogP contribution is -2.47. The van der Waals surface area contributed by atoms with Crippen molar-refractivity contribution in [3.8, 4) is 0 Å². The minimum Gasteiger partial charge on any atom is -0.453 e. The van der Waals surface area contributed by atoms with Gasteiger partial charge in [0.15, 0.2) is 0 Å². The molecule has 37 heavy (non-hydrogen) atoms. The number of hydrogen-bond acceptors (Lipinski definition) is 7. The number of carbonyl (C=O) groups excluding carboxylic acids is 2. The van der Waals surface area contributed by atoms with Crippen LogP contribution in [0, 0.1) is 0 Å². The lowest BCUT2D eigenvalue weighted by atomic mass is 9.95. The highest BCUT2D eigenvalue weighted by Gasteiger charge is 2.27. The number of rotatable bonds is 9. The van der Waals surface area contributed by atoms with Crippen LogP contribution in [0.1, 0.15) is 46.3 Å². The summed E-state index contributed by atoms with van der Waals surface area (Å²) in [5.74, 6) is 0.0501. The van der Waals surface area contributed by atoms with Gasteiger partial charge in [-0.15, -0.1) is 11.3 Å². The van der Waals surface area contributed by atoms with Crippen LogP contribution in [0.4, 0.5) is 10.5 Å². The Labute approximate surface area is 222 Å². The summed E-state index contributed by atoms with van der Waals surface area (Å²) < 4.78 is 4.78. The van der Waals surface area contributed by atoms with Crippen LogP contribution in [-0.2, 0) is 11.3 Å². The van der Waals surface area contributed by atoms with Gasteiger partial charge in [0.1, 0.15) is 0 Å². The molecule has 0 spiro atoms. The van der Waals surface area contributed by atoms with Crippen molar-refractivity contribution < 1.29 is 14.3 Å². The van der Waals surface area contributed by atoms with E-state index in [1.165, 1.54) is 12.0 Å². The lowest BCUT2D eigenvalue weighted by Gasteiger charge is -2.39. The molecule has 1 unspecified atom stereocenters. The zero-order chi connectivity index (χ0) is 26.2. The number of piperazine rings is 1. The molecule has 3 aromatic rings. The Hall–Kier alpha value is -3.27. The highest BCUT2D eigenvalue weighted by Crippen LogP contribution is 2.32. The molecule has 1 fully saturated rings. The Morgan fingerprint density at radius 1 is 1.05 bits per heavy atom. The minimum absolute atomic E-state index is 0.0115. The largest absolute Gasteiger partial charge is 0.453 e. The average Bonchev–Trinajstić information content (AvgIpc) is 3.44. The number of ether oxygens (including phenoxy) is 1. The van der Waals surface area contributed by atoms with E-state index in [0.717, 1.165) is 43.9 Å². The van der Waals surface area contributed by atoms with Crippen molar-refractivity contribution >= 4 is 29.0 Å². The first-order valence-electron chi connectivity index (χ1n) is 12.7. The summed E-state index contributed by atoms with van der Waals surface area (Å²) in [5, 5.41) is 2.78. The summed E-state index contributed by atoms with van der Waals surface area (Å²) in [6.07, 6.45) is 1.45. The molecular weight excluding hydrogens is 486 g/mol. The zero-order valence-electron chi connectivity index (χ0n) is 21.7. The van der Waals surface area contributed by atoms with E-state index in [1.807, 2.05) is 60.8 Å². The Balaban J connectivity index is 1.58. The van der Waals surface area contributed by atoms with E-state index in [-0.39, 0.29) is 11.9 Å². The maximum atomic E-state index is 12.9. The normalized spacial score (nSPS) is 15.2. The first kappa shape index (κ1) is 26.8. The smallest absolute Gasteiger partial charge is 0.411 e. The third-order valence-electron chi connectivity index (χ3n) is 6.79. The molecule has 1 aliphatic rings. The average molecular weight is 522 g/mol. The predicted molar refractivity (Wildman–Crippen MR) is 147 cm³/mol. The maximum absolute atomic E-state index is 12.9. The Kier molecular flexibility index (Phi) is 9.27. The molecule has 1 saturated heterocycles. The number of methoxy groups -OCH3 is 1. The standard InChI is InChI=1S/C28H35N5O3S/c1-4-32(5-2)27(34)22-11-9-21(10-12-22)26(23-7-6-8-24(17-23)30-28(35)36-3)33-15-13-31(14-16-33)19-25-18-29-20-37-25/h6-12,17-18,20,26H,4-5,13-16,19H2,1-3H3,(H,30,35). The van der Waals surface area contributed by atoms with Crippen LogP contribution < -0.4 is 5.32 Å². The van der Waals surface area contributed by atoms with E-state index >= 15 is 0 Å². The van der Waals surface area contributed by atoms with Crippen LogP contribution in [0.5, 0.6) is 0 Å². The second-order valence-electron chi connectivity index (χ2n) is 9.02. The Bertz CT molecular complexity index is 1160. The molecule has 196 valence electrons. The number of anilines is 1. The van der Waals surface area contributed by atoms with Gasteiger partial charge >= 0.3 is 6.09 Å². The number of benzene rings is 2. The van der Waals surface area contributed by atoms with Crippen molar-refractivity contribution in [2.24, 2.45) is 0 Å². The third-order valence-corrected chi connectivity index (χ3v) is 7.56. The second-order valence-corrected chi connectivity index (χ2v) is 9.99. The van der Waals surface area contributed by atoms with Gasteiger partial charge in [0.25, 0.3) is 5.91 Å². The van der Waals surface area contributed by atoms with Crippen LogP contribution in [0.2, 0.25) is 0 Å². The predicted octanol–water partition coefficient (Wildman–Crippen LogP) is 4.71. The van der Waals surface area contributed by atoms with E-state index in [9.17, 15) is 9.59 Å². The van der Waals surface area contributed by atoms with E-state index in [0.29, 0.717) is 24.3 Å². The summed E-state index contributed by atoms with van der Waals surface area (Å²) in [4.78, 5) is 36.9. The topological polar surface area (TPSA) is 78.0 Å². The van der Waals surface area contributed by atoms with Crippen LogP contribution >= 0.6 is 11.3 Å². The molecule has 2 aromatic carbocycles. The van der Waals surface area contributed by atoms with Crippen molar-refractivity contribution in [1.29, 1.82) is 0 Å². The number of nitrogens with zero attached hydrogens (tertiary/aromatic N) is 4. The monoisotopic (exact) mass is 521 g/mol. The molecule has 1 N–H and O–H groups in total. The molecule has 2 heterocycles. The van der Waals surface area contributed by atoms with Gasteiger partial charge in [0, 0.05) is 68.1 Å². The van der Waals surface area contributed by atoms with Gasteiger partial charge in [-0.1, -0.05) is 24.3 Å². The minimum atomic E-state index is -0.496. The molecule has 9 heteroatoms. The van der Waals surface area contributed by atoms with Crippen LogP contribution in [0.3, 0.4) is 0 Å². The van der Waals surface area contributed by atoms with Gasteiger partial charge in [-0.05, 0) is 49.2 Å². The molecule has 4 rings (SSSR count). The fourth-order valence-electron chi connectivity index (χ4n) is 4.79. The van der Waals surface area contributed by atoms with E-state index in [2.05, 4.69) is 38.3 Å². The van der Waals surface area contributed by atoms with Gasteiger partial charge < -0.3 is 9.64 Å². The molecule has 0 saturated carbocycles. The highest BCUT2D eigenvalue weighted by atomic mass is 32.1. The summed E-state index contributed by atoms with van der Waals surface area (Å²) in [6.45, 7) is 9.99. The molecule has 0 bridgehead atoms. The highest BCUT2D eigenvalue weighted by molar-refractivity contribution is 7.09. The molecule has 1 aliphatic heterocycles. The van der Waals surface area contributed by atoms with Crippen molar-refractivity contribution in [2.75, 3.05) is 51.7 Å². The third kappa shape index (κ3) is 6.74. The van der Waals surface area contributed by atoms with E-state index < -0.39 is 6.09 Å². The number of hydrogen-bond donors (Lipinski definition) is 1. The Morgan fingerprint density at radius 2 is 1.78 bits per heavy atom. The first-order valence-corrected chi connectivity index (χ1v) is 13.6. The first-order chi connectivity index (χ1) is 18.0. The zero-order valence-corrected chi connectivity index (χ0v) is 22.5. The summed E-state index contributed by atoms with van der Waals surface area (Å²) in [7, 11) is 1.36. The van der Waals surface area contributed by atoms with E-state index in [4.69, 9.17) is 4.74 Å². The van der Waals surface area contributed by atoms with Gasteiger partial charge in [0.05, 0.1) is 18.7 Å². The fourth-order valence-corrected chi connectivity index (χ4v) is 5.43. The molecule has 8 nitrogen and oxygen atoms in total. The van der Waals surface area contributed by atoms with Crippen LogP contribution in [0.15, 0.2) is 60.2 Å². The maximum Gasteiger partial charge on any atom is 0.411 e. The molecule has 2 amide bonds. The molecule has 1 atom stereocenters. The molecule has 0 aliphatic carbocycles. The van der Waals surface area contributed by atoms with Gasteiger partial charge in [-0.25, -0.2) is 4.79 Å². The summed E-state index contributed by atoms with van der Waals surface area (Å²) in [5.41, 5.74) is 5.45. The quantitative estimate of drug-likeness (QED) is 0.439. The number of aromatic nitrogens is 1. The van der Waals surface area contributed by atoms with Crippen LogP contribution in [0.25, 0.3) is 0 Å². The van der Waals surface area contributed by atoms with Gasteiger partial charge in [0.2, 0.25) is 0 Å². The number of nitrogens with one attached hydrogen (secondary N) is 1. The van der Waals surface area contributed by atoms with Crippen molar-refractivity contribution in [3.63, 3.8) is 0 Å². The summed E-state index contributed by atoms with van der Waals surface area (Å²) >= 11 is 1.69. The number of amides is 2. The van der Waals surface area contributed by atoms with Crippen LogP contribution in [-0.4, -0.2) is 78.1 Å². The van der Waals surface area contributed by atoms with E-state index in [1.54, 1.807) is 11.3 Å². The number of carbonyl (C=O) groups is 2. The molecular formula is C28H35N5O3S. The number of thiazole rings is 1. The van der Waals surface area contributed by atoms with Crippen molar-refractivity contribution in [3.05, 3.63) is 81.8 Å². The molecule has 0 radical (unpaired) electrons. The fraction of sp³-hybridized carbons (Fsp3) is 0.393. The summed E-state index contributed by atoms with van der Waals surface area (Å²) in [6, 6.07) is 15.9. The molecule has 1 aromatic heterocycles. The van der Waals surface area contributed by atoms with Gasteiger partial charge in [-0.3, -0.25) is 24.9 Å². The Morgan fingerprint density at radius 3 is 2.41 bits per heavy atom.